The molecule has 1 saturated heterocycles. The lowest BCUT2D eigenvalue weighted by atomic mass is 9.97. The number of piperidine rings is 1. The summed E-state index contributed by atoms with van der Waals surface area (Å²) >= 11 is 0. The molecule has 1 unspecified atom stereocenters. The van der Waals surface area contributed by atoms with Gasteiger partial charge in [-0.15, -0.1) is 0 Å². The van der Waals surface area contributed by atoms with Gasteiger partial charge in [0.2, 0.25) is 0 Å². The molecule has 1 aliphatic heterocycles. The van der Waals surface area contributed by atoms with Gasteiger partial charge < -0.3 is 15.0 Å². The normalized spacial score (nSPS) is 20.1. The molecule has 1 aliphatic rings. The van der Waals surface area contributed by atoms with Crippen LogP contribution in [0.5, 0.6) is 0 Å². The quantitative estimate of drug-likeness (QED) is 0.726. The van der Waals surface area contributed by atoms with Crippen LogP contribution >= 0.6 is 0 Å². The maximum Gasteiger partial charge on any atom is 0.108 e. The SMILES string of the molecule is CCCNC(C#N)CN1CCC(COC)CC1. The average molecular weight is 239 g/mol. The first-order valence-electron chi connectivity index (χ1n) is 6.64. The van der Waals surface area contributed by atoms with Crippen LogP contribution in [0, 0.1) is 17.2 Å². The number of hydrogen-bond acceptors (Lipinski definition) is 4. The maximum absolute atomic E-state index is 9.06. The van der Waals surface area contributed by atoms with Crippen molar-refractivity contribution in [3.8, 4) is 6.07 Å². The van der Waals surface area contributed by atoms with Gasteiger partial charge in [0.1, 0.15) is 6.04 Å². The molecule has 1 atom stereocenters. The molecular weight excluding hydrogens is 214 g/mol. The molecule has 1 heterocycles. The Bertz CT molecular complexity index is 231. The number of nitrogens with one attached hydrogen (secondary N) is 1. The minimum atomic E-state index is -0.0195. The summed E-state index contributed by atoms with van der Waals surface area (Å²) in [7, 11) is 1.77. The van der Waals surface area contributed by atoms with Crippen LogP contribution in [-0.4, -0.2) is 50.8 Å². The van der Waals surface area contributed by atoms with Crippen LogP contribution in [0.15, 0.2) is 0 Å². The van der Waals surface area contributed by atoms with Gasteiger partial charge >= 0.3 is 0 Å². The monoisotopic (exact) mass is 239 g/mol. The Hall–Kier alpha value is -0.630. The Morgan fingerprint density at radius 2 is 2.18 bits per heavy atom. The van der Waals surface area contributed by atoms with Crippen molar-refractivity contribution in [1.29, 1.82) is 5.26 Å². The van der Waals surface area contributed by atoms with Crippen molar-refractivity contribution < 1.29 is 4.74 Å². The number of hydrogen-bond donors (Lipinski definition) is 1. The Morgan fingerprint density at radius 3 is 2.71 bits per heavy atom. The zero-order valence-corrected chi connectivity index (χ0v) is 11.1. The van der Waals surface area contributed by atoms with Gasteiger partial charge in [0.15, 0.2) is 0 Å². The molecule has 0 amide bonds. The number of rotatable bonds is 7. The van der Waals surface area contributed by atoms with Crippen molar-refractivity contribution in [2.75, 3.05) is 39.9 Å². The molecule has 0 spiro atoms. The van der Waals surface area contributed by atoms with E-state index in [0.29, 0.717) is 5.92 Å². The van der Waals surface area contributed by atoms with Crippen LogP contribution in [0.3, 0.4) is 0 Å². The number of nitrogens with zero attached hydrogens (tertiary/aromatic N) is 2. The van der Waals surface area contributed by atoms with E-state index in [1.807, 2.05) is 0 Å². The summed E-state index contributed by atoms with van der Waals surface area (Å²) in [5, 5.41) is 12.3. The molecule has 0 aromatic rings. The third-order valence-electron chi connectivity index (χ3n) is 3.35. The van der Waals surface area contributed by atoms with Crippen molar-refractivity contribution in [3.63, 3.8) is 0 Å². The molecule has 0 aromatic heterocycles. The minimum Gasteiger partial charge on any atom is -0.384 e. The second-order valence-corrected chi connectivity index (χ2v) is 4.84. The summed E-state index contributed by atoms with van der Waals surface area (Å²) in [6, 6.07) is 2.32. The smallest absolute Gasteiger partial charge is 0.108 e. The second-order valence-electron chi connectivity index (χ2n) is 4.84. The fourth-order valence-corrected chi connectivity index (χ4v) is 2.30. The van der Waals surface area contributed by atoms with E-state index in [9.17, 15) is 0 Å². The second kappa shape index (κ2) is 8.46. The topological polar surface area (TPSA) is 48.3 Å². The highest BCUT2D eigenvalue weighted by Gasteiger charge is 2.21. The highest BCUT2D eigenvalue weighted by Crippen LogP contribution is 2.17. The third kappa shape index (κ3) is 5.49. The van der Waals surface area contributed by atoms with Gasteiger partial charge in [0, 0.05) is 20.3 Å². The van der Waals surface area contributed by atoms with E-state index in [0.717, 1.165) is 39.2 Å². The van der Waals surface area contributed by atoms with Crippen LogP contribution in [0.2, 0.25) is 0 Å². The molecule has 0 saturated carbocycles. The summed E-state index contributed by atoms with van der Waals surface area (Å²) in [6.07, 6.45) is 3.47. The zero-order chi connectivity index (χ0) is 12.5. The van der Waals surface area contributed by atoms with E-state index in [-0.39, 0.29) is 6.04 Å². The van der Waals surface area contributed by atoms with E-state index in [1.165, 1.54) is 12.8 Å². The summed E-state index contributed by atoms with van der Waals surface area (Å²) < 4.78 is 5.19. The van der Waals surface area contributed by atoms with Crippen molar-refractivity contribution >= 4 is 0 Å². The largest absolute Gasteiger partial charge is 0.384 e. The van der Waals surface area contributed by atoms with E-state index in [1.54, 1.807) is 7.11 Å². The lowest BCUT2D eigenvalue weighted by molar-refractivity contribution is 0.0976. The van der Waals surface area contributed by atoms with Crippen molar-refractivity contribution in [1.82, 2.24) is 10.2 Å². The van der Waals surface area contributed by atoms with Gasteiger partial charge in [0.25, 0.3) is 0 Å². The molecule has 0 radical (unpaired) electrons. The molecule has 0 aliphatic carbocycles. The maximum atomic E-state index is 9.06. The van der Waals surface area contributed by atoms with Gasteiger partial charge in [-0.05, 0) is 44.8 Å². The summed E-state index contributed by atoms with van der Waals surface area (Å²) in [4.78, 5) is 2.39. The first-order chi connectivity index (χ1) is 8.30. The van der Waals surface area contributed by atoms with E-state index in [2.05, 4.69) is 23.2 Å². The Labute approximate surface area is 105 Å². The Kier molecular flexibility index (Phi) is 7.18. The van der Waals surface area contributed by atoms with Gasteiger partial charge in [-0.3, -0.25) is 0 Å². The molecule has 0 bridgehead atoms. The molecule has 1 rings (SSSR count). The highest BCUT2D eigenvalue weighted by molar-refractivity contribution is 4.92. The van der Waals surface area contributed by atoms with Crippen LogP contribution < -0.4 is 5.32 Å². The first kappa shape index (κ1) is 14.4. The van der Waals surface area contributed by atoms with E-state index < -0.39 is 0 Å². The molecule has 0 aromatic carbocycles. The molecule has 4 nitrogen and oxygen atoms in total. The molecule has 1 fully saturated rings. The highest BCUT2D eigenvalue weighted by atomic mass is 16.5. The summed E-state index contributed by atoms with van der Waals surface area (Å²) in [6.45, 7) is 6.98. The molecule has 98 valence electrons. The molecule has 4 heteroatoms. The minimum absolute atomic E-state index is 0.0195. The Morgan fingerprint density at radius 1 is 1.47 bits per heavy atom. The lowest BCUT2D eigenvalue weighted by Crippen LogP contribution is -2.44. The molecular formula is C13H25N3O. The third-order valence-corrected chi connectivity index (χ3v) is 3.35. The van der Waals surface area contributed by atoms with Gasteiger partial charge in [-0.25, -0.2) is 0 Å². The van der Waals surface area contributed by atoms with Gasteiger partial charge in [0.05, 0.1) is 6.07 Å². The number of nitriles is 1. The van der Waals surface area contributed by atoms with Crippen LogP contribution in [0.1, 0.15) is 26.2 Å². The van der Waals surface area contributed by atoms with Crippen molar-refractivity contribution in [2.24, 2.45) is 5.92 Å². The summed E-state index contributed by atoms with van der Waals surface area (Å²) in [5.41, 5.74) is 0. The molecule has 17 heavy (non-hydrogen) atoms. The predicted octanol–water partition coefficient (Wildman–Crippen LogP) is 1.24. The van der Waals surface area contributed by atoms with E-state index >= 15 is 0 Å². The first-order valence-corrected chi connectivity index (χ1v) is 6.64. The van der Waals surface area contributed by atoms with Gasteiger partial charge in [-0.1, -0.05) is 6.92 Å². The number of likely N-dealkylation sites (tertiary alicyclic amines) is 1. The van der Waals surface area contributed by atoms with Gasteiger partial charge in [-0.2, -0.15) is 5.26 Å². The van der Waals surface area contributed by atoms with Crippen molar-refractivity contribution in [3.05, 3.63) is 0 Å². The molecule has 1 N–H and O–H groups in total. The number of ether oxygens (including phenoxy) is 1. The van der Waals surface area contributed by atoms with Crippen LogP contribution in [-0.2, 0) is 4.74 Å². The fraction of sp³-hybridized carbons (Fsp3) is 0.923. The lowest BCUT2D eigenvalue weighted by Gasteiger charge is -2.32. The fourth-order valence-electron chi connectivity index (χ4n) is 2.30. The average Bonchev–Trinajstić information content (AvgIpc) is 2.37. The Balaban J connectivity index is 2.22. The van der Waals surface area contributed by atoms with E-state index in [4.69, 9.17) is 10.00 Å². The standard InChI is InChI=1S/C13H25N3O/c1-3-6-15-13(9-14)10-16-7-4-12(5-8-16)11-17-2/h12-13,15H,3-8,10-11H2,1-2H3. The number of methoxy groups -OCH3 is 1. The zero-order valence-electron chi connectivity index (χ0n) is 11.1. The summed E-state index contributed by atoms with van der Waals surface area (Å²) in [5.74, 6) is 0.709. The van der Waals surface area contributed by atoms with Crippen LogP contribution in [0.25, 0.3) is 0 Å². The van der Waals surface area contributed by atoms with Crippen LogP contribution in [0.4, 0.5) is 0 Å². The predicted molar refractivity (Wildman–Crippen MR) is 68.7 cm³/mol. The van der Waals surface area contributed by atoms with Crippen molar-refractivity contribution in [2.45, 2.75) is 32.2 Å².